The maximum Gasteiger partial charge on any atom is 0.337 e. The summed E-state index contributed by atoms with van der Waals surface area (Å²) in [6.45, 7) is 3.21. The smallest absolute Gasteiger partial charge is 0.337 e. The highest BCUT2D eigenvalue weighted by atomic mass is 79.9. The third-order valence-corrected chi connectivity index (χ3v) is 4.41. The van der Waals surface area contributed by atoms with E-state index < -0.39 is 5.97 Å². The number of hydrogen-bond donors (Lipinski definition) is 1. The standard InChI is InChI=1S/C14H11BrClNO3/c1-7-6-11(18)17(8(2)12(7)14(19)20)10-5-3-4-9(16)13(10)15/h3-6H,1-2H3,(H,19,20). The van der Waals surface area contributed by atoms with Gasteiger partial charge >= 0.3 is 5.97 Å². The van der Waals surface area contributed by atoms with Gasteiger partial charge in [0.05, 0.1) is 20.7 Å². The lowest BCUT2D eigenvalue weighted by molar-refractivity contribution is 0.0694. The maximum absolute atomic E-state index is 12.2. The minimum absolute atomic E-state index is 0.122. The number of hydrogen-bond acceptors (Lipinski definition) is 2. The molecule has 0 saturated carbocycles. The fourth-order valence-electron chi connectivity index (χ4n) is 2.17. The van der Waals surface area contributed by atoms with Crippen LogP contribution >= 0.6 is 27.5 Å². The summed E-state index contributed by atoms with van der Waals surface area (Å²) < 4.78 is 1.89. The first kappa shape index (κ1) is 14.8. The predicted octanol–water partition coefficient (Wildman–Crippen LogP) is 3.57. The molecule has 0 fully saturated rings. The van der Waals surface area contributed by atoms with Gasteiger partial charge in [0, 0.05) is 11.8 Å². The summed E-state index contributed by atoms with van der Waals surface area (Å²) in [5.41, 5.74) is 1.15. The van der Waals surface area contributed by atoms with Crippen LogP contribution in [-0.4, -0.2) is 15.6 Å². The number of carboxylic acid groups (broad SMARTS) is 1. The summed E-state index contributed by atoms with van der Waals surface area (Å²) >= 11 is 9.35. The van der Waals surface area contributed by atoms with E-state index in [9.17, 15) is 14.7 Å². The predicted molar refractivity (Wildman–Crippen MR) is 81.2 cm³/mol. The van der Waals surface area contributed by atoms with Crippen LogP contribution in [0.3, 0.4) is 0 Å². The van der Waals surface area contributed by atoms with Crippen molar-refractivity contribution in [2.24, 2.45) is 0 Å². The van der Waals surface area contributed by atoms with Gasteiger partial charge in [-0.25, -0.2) is 4.79 Å². The van der Waals surface area contributed by atoms with Crippen LogP contribution < -0.4 is 5.56 Å². The Morgan fingerprint density at radius 1 is 1.35 bits per heavy atom. The molecule has 6 heteroatoms. The molecule has 0 radical (unpaired) electrons. The number of benzene rings is 1. The Labute approximate surface area is 128 Å². The van der Waals surface area contributed by atoms with E-state index >= 15 is 0 Å². The van der Waals surface area contributed by atoms with E-state index in [2.05, 4.69) is 15.9 Å². The molecule has 4 nitrogen and oxygen atoms in total. The number of carboxylic acids is 1. The molecule has 0 unspecified atom stereocenters. The molecule has 0 aliphatic carbocycles. The van der Waals surface area contributed by atoms with Gasteiger partial charge in [-0.1, -0.05) is 17.7 Å². The monoisotopic (exact) mass is 355 g/mol. The van der Waals surface area contributed by atoms with Crippen LogP contribution in [0, 0.1) is 13.8 Å². The van der Waals surface area contributed by atoms with E-state index in [4.69, 9.17) is 11.6 Å². The summed E-state index contributed by atoms with van der Waals surface area (Å²) in [5.74, 6) is -1.06. The molecule has 2 aromatic rings. The van der Waals surface area contributed by atoms with E-state index in [0.29, 0.717) is 26.4 Å². The van der Waals surface area contributed by atoms with Crippen LogP contribution in [0.4, 0.5) is 0 Å². The van der Waals surface area contributed by atoms with Crippen LogP contribution in [0.15, 0.2) is 33.5 Å². The van der Waals surface area contributed by atoms with Crippen LogP contribution in [0.1, 0.15) is 21.6 Å². The normalized spacial score (nSPS) is 10.6. The average Bonchev–Trinajstić information content (AvgIpc) is 2.33. The molecule has 1 N–H and O–H groups in total. The van der Waals surface area contributed by atoms with Gasteiger partial charge < -0.3 is 5.11 Å². The topological polar surface area (TPSA) is 59.3 Å². The van der Waals surface area contributed by atoms with Gasteiger partial charge in [0.25, 0.3) is 5.56 Å². The quantitative estimate of drug-likeness (QED) is 0.895. The fourth-order valence-corrected chi connectivity index (χ4v) is 2.78. The highest BCUT2D eigenvalue weighted by molar-refractivity contribution is 9.10. The third-order valence-electron chi connectivity index (χ3n) is 3.04. The maximum atomic E-state index is 12.2. The Balaban J connectivity index is 2.88. The summed E-state index contributed by atoms with van der Waals surface area (Å²) in [4.78, 5) is 23.5. The number of rotatable bonds is 2. The lowest BCUT2D eigenvalue weighted by atomic mass is 10.1. The zero-order valence-corrected chi connectivity index (χ0v) is 13.1. The first-order chi connectivity index (χ1) is 9.34. The third kappa shape index (κ3) is 2.39. The molecule has 0 spiro atoms. The van der Waals surface area contributed by atoms with Crippen molar-refractivity contribution in [3.05, 3.63) is 60.9 Å². The summed E-state index contributed by atoms with van der Waals surface area (Å²) in [6, 6.07) is 6.39. The average molecular weight is 357 g/mol. The van der Waals surface area contributed by atoms with Crippen molar-refractivity contribution in [3.63, 3.8) is 0 Å². The number of nitrogens with zero attached hydrogens (tertiary/aromatic N) is 1. The number of pyridine rings is 1. The molecule has 1 aromatic heterocycles. The van der Waals surface area contributed by atoms with E-state index in [0.717, 1.165) is 0 Å². The Bertz CT molecular complexity index is 768. The number of halogens is 2. The zero-order chi connectivity index (χ0) is 15.0. The largest absolute Gasteiger partial charge is 0.478 e. The highest BCUT2D eigenvalue weighted by Gasteiger charge is 2.18. The van der Waals surface area contributed by atoms with Crippen LogP contribution in [-0.2, 0) is 0 Å². The van der Waals surface area contributed by atoms with E-state index in [1.807, 2.05) is 0 Å². The first-order valence-electron chi connectivity index (χ1n) is 5.75. The molecule has 0 amide bonds. The minimum atomic E-state index is -1.06. The molecule has 0 aliphatic heterocycles. The Kier molecular flexibility index (Phi) is 4.01. The molecule has 0 saturated heterocycles. The number of carbonyl (C=O) groups is 1. The SMILES string of the molecule is Cc1cc(=O)n(-c2cccc(Cl)c2Br)c(C)c1C(=O)O. The fraction of sp³-hybridized carbons (Fsp3) is 0.143. The molecule has 0 atom stereocenters. The van der Waals surface area contributed by atoms with Crippen LogP contribution in [0.5, 0.6) is 0 Å². The second kappa shape index (κ2) is 5.42. The Morgan fingerprint density at radius 2 is 2.00 bits per heavy atom. The lowest BCUT2D eigenvalue weighted by Gasteiger charge is -2.15. The molecule has 0 aliphatic rings. The zero-order valence-electron chi connectivity index (χ0n) is 10.8. The van der Waals surface area contributed by atoms with Crippen molar-refractivity contribution in [2.75, 3.05) is 0 Å². The van der Waals surface area contributed by atoms with E-state index in [1.165, 1.54) is 10.6 Å². The van der Waals surface area contributed by atoms with Crippen LogP contribution in [0.25, 0.3) is 5.69 Å². The van der Waals surface area contributed by atoms with Crippen molar-refractivity contribution >= 4 is 33.5 Å². The van der Waals surface area contributed by atoms with Crippen LogP contribution in [0.2, 0.25) is 5.02 Å². The van der Waals surface area contributed by atoms with Gasteiger partial charge in [-0.3, -0.25) is 9.36 Å². The van der Waals surface area contributed by atoms with Crippen molar-refractivity contribution < 1.29 is 9.90 Å². The van der Waals surface area contributed by atoms with Crippen molar-refractivity contribution in [1.29, 1.82) is 0 Å². The summed E-state index contributed by atoms with van der Waals surface area (Å²) in [7, 11) is 0. The van der Waals surface area contributed by atoms with E-state index in [-0.39, 0.29) is 11.1 Å². The first-order valence-corrected chi connectivity index (χ1v) is 6.92. The number of aromatic nitrogens is 1. The van der Waals surface area contributed by atoms with Crippen molar-refractivity contribution in [1.82, 2.24) is 4.57 Å². The van der Waals surface area contributed by atoms with Gasteiger partial charge in [-0.15, -0.1) is 0 Å². The van der Waals surface area contributed by atoms with Gasteiger partial charge in [0.2, 0.25) is 0 Å². The molecule has 20 heavy (non-hydrogen) atoms. The molecular formula is C14H11BrClNO3. The number of aryl methyl sites for hydroxylation is 1. The molecule has 2 rings (SSSR count). The summed E-state index contributed by atoms with van der Waals surface area (Å²) in [5, 5.41) is 9.73. The highest BCUT2D eigenvalue weighted by Crippen LogP contribution is 2.29. The van der Waals surface area contributed by atoms with E-state index in [1.54, 1.807) is 32.0 Å². The van der Waals surface area contributed by atoms with Gasteiger partial charge in [-0.05, 0) is 47.5 Å². The molecular weight excluding hydrogens is 346 g/mol. The number of aromatic carboxylic acids is 1. The van der Waals surface area contributed by atoms with Gasteiger partial charge in [-0.2, -0.15) is 0 Å². The van der Waals surface area contributed by atoms with Gasteiger partial charge in [0.15, 0.2) is 0 Å². The Hall–Kier alpha value is -1.59. The molecule has 0 bridgehead atoms. The minimum Gasteiger partial charge on any atom is -0.478 e. The lowest BCUT2D eigenvalue weighted by Crippen LogP contribution is -2.24. The molecule has 1 aromatic carbocycles. The second-order valence-corrected chi connectivity index (χ2v) is 5.54. The molecule has 1 heterocycles. The Morgan fingerprint density at radius 3 is 2.60 bits per heavy atom. The summed E-state index contributed by atoms with van der Waals surface area (Å²) in [6.07, 6.45) is 0. The van der Waals surface area contributed by atoms with Crippen molar-refractivity contribution in [3.8, 4) is 5.69 Å². The van der Waals surface area contributed by atoms with Gasteiger partial charge in [0.1, 0.15) is 0 Å². The second-order valence-electron chi connectivity index (χ2n) is 4.34. The molecule has 104 valence electrons. The van der Waals surface area contributed by atoms with Crippen molar-refractivity contribution in [2.45, 2.75) is 13.8 Å².